The Kier molecular flexibility index (Phi) is 3.39. The maximum Gasteiger partial charge on any atom is 0.267 e. The van der Waals surface area contributed by atoms with E-state index in [1.54, 1.807) is 24.3 Å². The Morgan fingerprint density at radius 1 is 0.875 bits per heavy atom. The number of hydrogen-bond donors (Lipinski definition) is 0. The van der Waals surface area contributed by atoms with Gasteiger partial charge in [-0.05, 0) is 28.0 Å². The zero-order valence-electron chi connectivity index (χ0n) is 12.8. The van der Waals surface area contributed by atoms with Crippen LogP contribution in [-0.2, 0) is 22.3 Å². The normalized spacial score (nSPS) is 16.2. The fourth-order valence-electron chi connectivity index (χ4n) is 3.15. The number of carbonyl (C=O) groups is 1. The lowest BCUT2D eigenvalue weighted by Crippen LogP contribution is -2.41. The van der Waals surface area contributed by atoms with Crippen molar-refractivity contribution in [1.29, 1.82) is 0 Å². The molecule has 0 spiro atoms. The predicted octanol–water partition coefficient (Wildman–Crippen LogP) is 3.33. The zero-order valence-corrected chi connectivity index (χ0v) is 13.7. The van der Waals surface area contributed by atoms with Gasteiger partial charge in [0.2, 0.25) is 10.0 Å². The van der Waals surface area contributed by atoms with Crippen molar-refractivity contribution in [1.82, 2.24) is 4.31 Å². The van der Waals surface area contributed by atoms with Crippen molar-refractivity contribution in [3.05, 3.63) is 83.4 Å². The Balaban J connectivity index is 1.80. The molecule has 5 heteroatoms. The zero-order chi connectivity index (χ0) is 16.7. The monoisotopic (exact) mass is 337 g/mol. The van der Waals surface area contributed by atoms with Gasteiger partial charge in [-0.25, -0.2) is 12.7 Å². The number of fused-ring (bicyclic) bond motifs is 2. The number of hydrogen-bond acceptors (Lipinski definition) is 3. The Bertz CT molecular complexity index is 1050. The highest BCUT2D eigenvalue weighted by molar-refractivity contribution is 7.89. The average Bonchev–Trinajstić information content (AvgIpc) is 2.58. The van der Waals surface area contributed by atoms with Gasteiger partial charge in [0.25, 0.3) is 5.91 Å². The summed E-state index contributed by atoms with van der Waals surface area (Å²) in [7, 11) is -3.67. The van der Waals surface area contributed by atoms with Gasteiger partial charge in [-0.3, -0.25) is 4.79 Å². The van der Waals surface area contributed by atoms with Crippen LogP contribution in [0.15, 0.2) is 66.7 Å². The first-order valence-electron chi connectivity index (χ1n) is 7.65. The first-order chi connectivity index (χ1) is 11.6. The van der Waals surface area contributed by atoms with Gasteiger partial charge in [-0.15, -0.1) is 0 Å². The van der Waals surface area contributed by atoms with E-state index in [-0.39, 0.29) is 12.3 Å². The van der Waals surface area contributed by atoms with Gasteiger partial charge >= 0.3 is 0 Å². The fraction of sp³-hybridized carbons (Fsp3) is 0.105. The molecule has 1 aliphatic rings. The number of carbonyl (C=O) groups excluding carboxylic acids is 1. The summed E-state index contributed by atoms with van der Waals surface area (Å²) in [6.07, 6.45) is 0. The minimum atomic E-state index is -3.67. The third-order valence-corrected chi connectivity index (χ3v) is 5.98. The topological polar surface area (TPSA) is 54.5 Å². The summed E-state index contributed by atoms with van der Waals surface area (Å²) in [6, 6.07) is 20.4. The van der Waals surface area contributed by atoms with Gasteiger partial charge in [-0.1, -0.05) is 60.7 Å². The molecule has 0 aromatic heterocycles. The predicted molar refractivity (Wildman–Crippen MR) is 92.9 cm³/mol. The van der Waals surface area contributed by atoms with Crippen LogP contribution in [0.2, 0.25) is 0 Å². The molecule has 0 atom stereocenters. The number of nitrogens with zero attached hydrogens (tertiary/aromatic N) is 1. The van der Waals surface area contributed by atoms with E-state index >= 15 is 0 Å². The Labute approximate surface area is 140 Å². The maximum absolute atomic E-state index is 12.7. The second-order valence-electron chi connectivity index (χ2n) is 5.86. The van der Waals surface area contributed by atoms with Crippen molar-refractivity contribution < 1.29 is 13.2 Å². The molecule has 0 aliphatic carbocycles. The summed E-state index contributed by atoms with van der Waals surface area (Å²) >= 11 is 0. The van der Waals surface area contributed by atoms with E-state index in [9.17, 15) is 13.2 Å². The molecular formula is C19H15NO3S. The van der Waals surface area contributed by atoms with Crippen molar-refractivity contribution in [2.24, 2.45) is 0 Å². The van der Waals surface area contributed by atoms with Crippen LogP contribution in [0, 0.1) is 0 Å². The minimum Gasteiger partial charge on any atom is -0.268 e. The SMILES string of the molecule is O=C1c2ccccc2CS(=O)(=O)N1Cc1cccc2ccccc12. The molecule has 3 aromatic rings. The number of rotatable bonds is 2. The summed E-state index contributed by atoms with van der Waals surface area (Å²) in [4.78, 5) is 12.7. The van der Waals surface area contributed by atoms with E-state index in [1.165, 1.54) is 0 Å². The van der Waals surface area contributed by atoms with Crippen LogP contribution >= 0.6 is 0 Å². The van der Waals surface area contributed by atoms with Crippen molar-refractivity contribution in [3.63, 3.8) is 0 Å². The van der Waals surface area contributed by atoms with E-state index in [2.05, 4.69) is 0 Å². The summed E-state index contributed by atoms with van der Waals surface area (Å²) in [5, 5.41) is 1.99. The van der Waals surface area contributed by atoms with E-state index < -0.39 is 15.9 Å². The van der Waals surface area contributed by atoms with E-state index in [4.69, 9.17) is 0 Å². The molecule has 24 heavy (non-hydrogen) atoms. The summed E-state index contributed by atoms with van der Waals surface area (Å²) in [5.41, 5.74) is 1.86. The fourth-order valence-corrected chi connectivity index (χ4v) is 4.63. The highest BCUT2D eigenvalue weighted by Crippen LogP contribution is 2.28. The molecule has 1 amide bonds. The molecule has 0 unspecified atom stereocenters. The van der Waals surface area contributed by atoms with Crippen LogP contribution in [0.4, 0.5) is 0 Å². The lowest BCUT2D eigenvalue weighted by atomic mass is 10.0. The molecule has 3 aromatic carbocycles. The molecule has 4 rings (SSSR count). The van der Waals surface area contributed by atoms with Gasteiger partial charge in [0, 0.05) is 5.56 Å². The first kappa shape index (κ1) is 14.9. The molecule has 1 heterocycles. The van der Waals surface area contributed by atoms with Crippen LogP contribution in [0.3, 0.4) is 0 Å². The van der Waals surface area contributed by atoms with E-state index in [0.717, 1.165) is 20.6 Å². The van der Waals surface area contributed by atoms with Crippen LogP contribution in [0.25, 0.3) is 10.8 Å². The van der Waals surface area contributed by atoms with Crippen LogP contribution in [-0.4, -0.2) is 18.6 Å². The Morgan fingerprint density at radius 3 is 2.46 bits per heavy atom. The quantitative estimate of drug-likeness (QED) is 0.721. The molecule has 1 aliphatic heterocycles. The maximum atomic E-state index is 12.7. The van der Waals surface area contributed by atoms with Crippen molar-refractivity contribution >= 4 is 26.7 Å². The van der Waals surface area contributed by atoms with Gasteiger partial charge in [0.1, 0.15) is 0 Å². The molecule has 0 fully saturated rings. The van der Waals surface area contributed by atoms with Crippen molar-refractivity contribution in [2.45, 2.75) is 12.3 Å². The van der Waals surface area contributed by atoms with Gasteiger partial charge in [0.15, 0.2) is 0 Å². The number of benzene rings is 3. The lowest BCUT2D eigenvalue weighted by Gasteiger charge is -2.28. The van der Waals surface area contributed by atoms with E-state index in [1.807, 2.05) is 42.5 Å². The standard InChI is InChI=1S/C19H15NO3S/c21-19-18-11-4-2-7-16(18)13-24(22,23)20(19)12-15-9-5-8-14-6-1-3-10-17(14)15/h1-11H,12-13H2. The first-order valence-corrected chi connectivity index (χ1v) is 9.26. The van der Waals surface area contributed by atoms with Gasteiger partial charge in [0.05, 0.1) is 12.3 Å². The largest absolute Gasteiger partial charge is 0.268 e. The third kappa shape index (κ3) is 2.37. The lowest BCUT2D eigenvalue weighted by molar-refractivity contribution is 0.0849. The highest BCUT2D eigenvalue weighted by atomic mass is 32.2. The van der Waals surface area contributed by atoms with Gasteiger partial charge in [-0.2, -0.15) is 0 Å². The van der Waals surface area contributed by atoms with Crippen molar-refractivity contribution in [2.75, 3.05) is 0 Å². The average molecular weight is 337 g/mol. The summed E-state index contributed by atoms with van der Waals surface area (Å²) < 4.78 is 26.2. The highest BCUT2D eigenvalue weighted by Gasteiger charge is 2.35. The molecule has 0 radical (unpaired) electrons. The van der Waals surface area contributed by atoms with E-state index in [0.29, 0.717) is 11.1 Å². The molecule has 4 nitrogen and oxygen atoms in total. The van der Waals surface area contributed by atoms with Crippen LogP contribution in [0.1, 0.15) is 21.5 Å². The molecule has 0 bridgehead atoms. The second kappa shape index (κ2) is 5.46. The van der Waals surface area contributed by atoms with Gasteiger partial charge < -0.3 is 0 Å². The van der Waals surface area contributed by atoms with Crippen molar-refractivity contribution in [3.8, 4) is 0 Å². The Morgan fingerprint density at radius 2 is 1.58 bits per heavy atom. The molecular weight excluding hydrogens is 322 g/mol. The summed E-state index contributed by atoms with van der Waals surface area (Å²) in [6.45, 7) is 0.0524. The molecule has 0 saturated carbocycles. The minimum absolute atomic E-state index is 0.0524. The van der Waals surface area contributed by atoms with Crippen LogP contribution in [0.5, 0.6) is 0 Å². The second-order valence-corrected chi connectivity index (χ2v) is 7.76. The van der Waals surface area contributed by atoms with Crippen LogP contribution < -0.4 is 0 Å². The number of sulfonamides is 1. The Hall–Kier alpha value is -2.66. The number of amides is 1. The third-order valence-electron chi connectivity index (χ3n) is 4.34. The smallest absolute Gasteiger partial charge is 0.267 e. The molecule has 120 valence electrons. The molecule has 0 saturated heterocycles. The summed E-state index contributed by atoms with van der Waals surface area (Å²) in [5.74, 6) is -0.593. The molecule has 0 N–H and O–H groups in total.